The molecule has 0 radical (unpaired) electrons. The Hall–Kier alpha value is -2.14. The van der Waals surface area contributed by atoms with Crippen LogP contribution in [0.25, 0.3) is 0 Å². The standard InChI is InChI=1S/C18H18BrNO3/c1-13(14-6-3-2-4-7-14)10-18(22)23-12-17(21)20-16-9-5-8-15(19)11-16/h2-9,11,13H,10,12H2,1H3,(H,20,21)/t13-/m0/s1. The topological polar surface area (TPSA) is 55.4 Å². The number of carbonyl (C=O) groups excluding carboxylic acids is 2. The van der Waals surface area contributed by atoms with Crippen molar-refractivity contribution >= 4 is 33.5 Å². The lowest BCUT2D eigenvalue weighted by Gasteiger charge is -2.11. The Morgan fingerprint density at radius 1 is 1.13 bits per heavy atom. The highest BCUT2D eigenvalue weighted by Crippen LogP contribution is 2.19. The summed E-state index contributed by atoms with van der Waals surface area (Å²) in [5, 5.41) is 2.68. The molecule has 2 rings (SSSR count). The predicted molar refractivity (Wildman–Crippen MR) is 93.2 cm³/mol. The molecule has 0 unspecified atom stereocenters. The summed E-state index contributed by atoms with van der Waals surface area (Å²) in [6.07, 6.45) is 0.244. The first kappa shape index (κ1) is 17.2. The molecule has 120 valence electrons. The quantitative estimate of drug-likeness (QED) is 0.772. The van der Waals surface area contributed by atoms with Crippen molar-refractivity contribution < 1.29 is 14.3 Å². The first-order valence-corrected chi connectivity index (χ1v) is 8.10. The highest BCUT2D eigenvalue weighted by atomic mass is 79.9. The van der Waals surface area contributed by atoms with E-state index in [-0.39, 0.29) is 30.8 Å². The van der Waals surface area contributed by atoms with Crippen LogP contribution in [0.4, 0.5) is 5.69 Å². The Morgan fingerprint density at radius 2 is 1.87 bits per heavy atom. The first-order valence-electron chi connectivity index (χ1n) is 7.30. The van der Waals surface area contributed by atoms with E-state index in [2.05, 4.69) is 21.2 Å². The molecule has 0 heterocycles. The number of hydrogen-bond donors (Lipinski definition) is 1. The fourth-order valence-electron chi connectivity index (χ4n) is 2.12. The van der Waals surface area contributed by atoms with Gasteiger partial charge in [-0.2, -0.15) is 0 Å². The number of amides is 1. The zero-order valence-electron chi connectivity index (χ0n) is 12.8. The van der Waals surface area contributed by atoms with Crippen LogP contribution in [0.1, 0.15) is 24.8 Å². The Balaban J connectivity index is 1.76. The number of halogens is 1. The molecule has 0 aliphatic carbocycles. The number of anilines is 1. The smallest absolute Gasteiger partial charge is 0.306 e. The lowest BCUT2D eigenvalue weighted by molar-refractivity contribution is -0.147. The Bertz CT molecular complexity index is 673. The lowest BCUT2D eigenvalue weighted by Crippen LogP contribution is -2.21. The van der Waals surface area contributed by atoms with Crippen LogP contribution < -0.4 is 5.32 Å². The van der Waals surface area contributed by atoms with Crippen LogP contribution in [-0.4, -0.2) is 18.5 Å². The number of hydrogen-bond acceptors (Lipinski definition) is 3. The normalized spacial score (nSPS) is 11.6. The Kier molecular flexibility index (Phi) is 6.35. The molecule has 5 heteroatoms. The summed E-state index contributed by atoms with van der Waals surface area (Å²) < 4.78 is 5.90. The Morgan fingerprint density at radius 3 is 2.57 bits per heavy atom. The van der Waals surface area contributed by atoms with Gasteiger partial charge in [-0.05, 0) is 29.7 Å². The highest BCUT2D eigenvalue weighted by Gasteiger charge is 2.13. The minimum absolute atomic E-state index is 0.0526. The zero-order chi connectivity index (χ0) is 16.7. The third-order valence-electron chi connectivity index (χ3n) is 3.31. The van der Waals surface area contributed by atoms with Gasteiger partial charge in [0.15, 0.2) is 6.61 Å². The van der Waals surface area contributed by atoms with Crippen molar-refractivity contribution in [2.45, 2.75) is 19.3 Å². The summed E-state index contributed by atoms with van der Waals surface area (Å²) >= 11 is 3.33. The van der Waals surface area contributed by atoms with E-state index in [4.69, 9.17) is 4.74 Å². The molecular formula is C18H18BrNO3. The van der Waals surface area contributed by atoms with Crippen molar-refractivity contribution in [1.29, 1.82) is 0 Å². The summed E-state index contributed by atoms with van der Waals surface area (Å²) in [5.74, 6) is -0.689. The Labute approximate surface area is 144 Å². The van der Waals surface area contributed by atoms with E-state index in [0.717, 1.165) is 10.0 Å². The van der Waals surface area contributed by atoms with E-state index < -0.39 is 0 Å². The number of nitrogens with one attached hydrogen (secondary N) is 1. The van der Waals surface area contributed by atoms with Gasteiger partial charge in [0.1, 0.15) is 0 Å². The second-order valence-corrected chi connectivity index (χ2v) is 6.15. The average molecular weight is 376 g/mol. The van der Waals surface area contributed by atoms with Crippen molar-refractivity contribution in [3.63, 3.8) is 0 Å². The minimum Gasteiger partial charge on any atom is -0.456 e. The zero-order valence-corrected chi connectivity index (χ0v) is 14.4. The molecule has 2 aromatic carbocycles. The van der Waals surface area contributed by atoms with E-state index in [1.807, 2.05) is 49.4 Å². The van der Waals surface area contributed by atoms with Crippen molar-refractivity contribution in [3.8, 4) is 0 Å². The largest absolute Gasteiger partial charge is 0.456 e. The van der Waals surface area contributed by atoms with Crippen LogP contribution in [0.2, 0.25) is 0 Å². The van der Waals surface area contributed by atoms with Crippen molar-refractivity contribution in [2.75, 3.05) is 11.9 Å². The first-order chi connectivity index (χ1) is 11.0. The fraction of sp³-hybridized carbons (Fsp3) is 0.222. The van der Waals surface area contributed by atoms with Gasteiger partial charge in [-0.3, -0.25) is 9.59 Å². The molecule has 2 aromatic rings. The summed E-state index contributed by atoms with van der Waals surface area (Å²) in [6, 6.07) is 17.0. The molecule has 1 amide bonds. The van der Waals surface area contributed by atoms with E-state index in [9.17, 15) is 9.59 Å². The molecule has 23 heavy (non-hydrogen) atoms. The molecule has 0 spiro atoms. The molecule has 0 aliphatic rings. The molecule has 0 aromatic heterocycles. The maximum Gasteiger partial charge on any atom is 0.306 e. The van der Waals surface area contributed by atoms with Crippen molar-refractivity contribution in [2.24, 2.45) is 0 Å². The van der Waals surface area contributed by atoms with E-state index in [0.29, 0.717) is 5.69 Å². The number of rotatable bonds is 6. The predicted octanol–water partition coefficient (Wildman–Crippen LogP) is 4.12. The van der Waals surface area contributed by atoms with Crippen molar-refractivity contribution in [1.82, 2.24) is 0 Å². The van der Waals surface area contributed by atoms with E-state index >= 15 is 0 Å². The van der Waals surface area contributed by atoms with Gasteiger partial charge in [-0.15, -0.1) is 0 Å². The minimum atomic E-state index is -0.384. The molecule has 0 bridgehead atoms. The molecule has 0 aliphatic heterocycles. The lowest BCUT2D eigenvalue weighted by atomic mass is 9.98. The van der Waals surface area contributed by atoms with Gasteiger partial charge in [0.25, 0.3) is 5.91 Å². The second kappa shape index (κ2) is 8.48. The van der Waals surface area contributed by atoms with Crippen LogP contribution in [0.3, 0.4) is 0 Å². The van der Waals surface area contributed by atoms with Crippen LogP contribution >= 0.6 is 15.9 Å². The van der Waals surface area contributed by atoms with E-state index in [1.54, 1.807) is 12.1 Å². The fourth-order valence-corrected chi connectivity index (χ4v) is 2.52. The van der Waals surface area contributed by atoms with Gasteiger partial charge in [0.2, 0.25) is 0 Å². The summed E-state index contributed by atoms with van der Waals surface area (Å²) in [7, 11) is 0. The third-order valence-corrected chi connectivity index (χ3v) is 3.81. The van der Waals surface area contributed by atoms with Crippen LogP contribution in [0, 0.1) is 0 Å². The van der Waals surface area contributed by atoms with Gasteiger partial charge < -0.3 is 10.1 Å². The molecule has 0 saturated carbocycles. The van der Waals surface area contributed by atoms with Crippen LogP contribution in [0.15, 0.2) is 59.1 Å². The summed E-state index contributed by atoms with van der Waals surface area (Å²) in [4.78, 5) is 23.6. The van der Waals surface area contributed by atoms with Gasteiger partial charge in [0.05, 0.1) is 6.42 Å². The molecule has 1 atom stereocenters. The number of esters is 1. The van der Waals surface area contributed by atoms with Gasteiger partial charge in [-0.1, -0.05) is 59.3 Å². The second-order valence-electron chi connectivity index (χ2n) is 5.24. The van der Waals surface area contributed by atoms with Gasteiger partial charge in [-0.25, -0.2) is 0 Å². The number of carbonyl (C=O) groups is 2. The average Bonchev–Trinajstić information content (AvgIpc) is 2.54. The van der Waals surface area contributed by atoms with Crippen molar-refractivity contribution in [3.05, 3.63) is 64.6 Å². The number of ether oxygens (including phenoxy) is 1. The molecule has 0 saturated heterocycles. The maximum absolute atomic E-state index is 11.8. The monoisotopic (exact) mass is 375 g/mol. The third kappa shape index (κ3) is 5.87. The van der Waals surface area contributed by atoms with Crippen LogP contribution in [-0.2, 0) is 14.3 Å². The molecule has 1 N–H and O–H groups in total. The van der Waals surface area contributed by atoms with Crippen LogP contribution in [0.5, 0.6) is 0 Å². The number of benzene rings is 2. The highest BCUT2D eigenvalue weighted by molar-refractivity contribution is 9.10. The summed E-state index contributed by atoms with van der Waals surface area (Å²) in [5.41, 5.74) is 1.72. The molecule has 4 nitrogen and oxygen atoms in total. The maximum atomic E-state index is 11.8. The molecule has 0 fully saturated rings. The summed E-state index contributed by atoms with van der Waals surface area (Å²) in [6.45, 7) is 1.67. The van der Waals surface area contributed by atoms with Gasteiger partial charge >= 0.3 is 5.97 Å². The van der Waals surface area contributed by atoms with E-state index in [1.165, 1.54) is 0 Å². The molecular weight excluding hydrogens is 358 g/mol. The SMILES string of the molecule is C[C@@H](CC(=O)OCC(=O)Nc1cccc(Br)c1)c1ccccc1. The van der Waals surface area contributed by atoms with Gasteiger partial charge in [0, 0.05) is 10.2 Å².